The predicted molar refractivity (Wildman–Crippen MR) is 113 cm³/mol. The number of halogens is 2. The van der Waals surface area contributed by atoms with Crippen LogP contribution in [0.1, 0.15) is 18.4 Å². The lowest BCUT2D eigenvalue weighted by Gasteiger charge is -2.17. The first-order valence-corrected chi connectivity index (χ1v) is 11.5. The average molecular weight is 436 g/mol. The normalized spacial score (nSPS) is 17.9. The predicted octanol–water partition coefficient (Wildman–Crippen LogP) is 3.95. The zero-order chi connectivity index (χ0) is 20.4. The molecule has 2 aromatic carbocycles. The van der Waals surface area contributed by atoms with Crippen LogP contribution in [-0.2, 0) is 16.4 Å². The summed E-state index contributed by atoms with van der Waals surface area (Å²) < 4.78 is 41.4. The number of aryl methyl sites for hydroxylation is 1. The molecule has 1 aromatic heterocycles. The topological polar surface area (TPSA) is 65.2 Å². The summed E-state index contributed by atoms with van der Waals surface area (Å²) in [4.78, 5) is 5.63. The quantitative estimate of drug-likeness (QED) is 0.590. The van der Waals surface area contributed by atoms with Crippen LogP contribution in [0, 0.1) is 5.82 Å². The Bertz CT molecular complexity index is 1120. The molecule has 2 N–H and O–H groups in total. The van der Waals surface area contributed by atoms with E-state index >= 15 is 0 Å². The molecule has 1 aliphatic rings. The number of fused-ring (bicyclic) bond motifs is 1. The minimum atomic E-state index is -3.57. The fraction of sp³-hybridized carbons (Fsp3) is 0.333. The van der Waals surface area contributed by atoms with E-state index in [0.29, 0.717) is 11.6 Å². The lowest BCUT2D eigenvalue weighted by molar-refractivity contribution is 0.327. The maximum Gasteiger partial charge on any atom is 0.240 e. The van der Waals surface area contributed by atoms with Gasteiger partial charge in [-0.2, -0.15) is 0 Å². The number of hydrogen-bond donors (Lipinski definition) is 2. The van der Waals surface area contributed by atoms with E-state index in [2.05, 4.69) is 14.6 Å². The minimum Gasteiger partial charge on any atom is -0.361 e. The summed E-state index contributed by atoms with van der Waals surface area (Å²) in [6.07, 6.45) is 4.49. The second-order valence-electron chi connectivity index (χ2n) is 7.47. The molecule has 2 heterocycles. The Balaban J connectivity index is 1.29. The zero-order valence-corrected chi connectivity index (χ0v) is 17.4. The van der Waals surface area contributed by atoms with E-state index in [1.165, 1.54) is 12.1 Å². The molecule has 29 heavy (non-hydrogen) atoms. The molecule has 154 valence electrons. The van der Waals surface area contributed by atoms with Crippen LogP contribution in [-0.4, -0.2) is 44.0 Å². The van der Waals surface area contributed by atoms with Crippen LogP contribution in [0.5, 0.6) is 0 Å². The van der Waals surface area contributed by atoms with E-state index in [-0.39, 0.29) is 16.8 Å². The van der Waals surface area contributed by atoms with Crippen molar-refractivity contribution in [1.29, 1.82) is 0 Å². The van der Waals surface area contributed by atoms with Gasteiger partial charge in [-0.15, -0.1) is 0 Å². The summed E-state index contributed by atoms with van der Waals surface area (Å²) in [6.45, 7) is 2.41. The molecule has 5 nitrogen and oxygen atoms in total. The third-order valence-corrected chi connectivity index (χ3v) is 7.10. The Hall–Kier alpha value is -1.93. The van der Waals surface area contributed by atoms with Gasteiger partial charge in [0.25, 0.3) is 0 Å². The number of likely N-dealkylation sites (tertiary alicyclic amines) is 1. The molecule has 4 rings (SSSR count). The third kappa shape index (κ3) is 4.80. The monoisotopic (exact) mass is 435 g/mol. The number of sulfonamides is 1. The molecule has 1 fully saturated rings. The molecule has 8 heteroatoms. The second kappa shape index (κ2) is 8.44. The van der Waals surface area contributed by atoms with Crippen molar-refractivity contribution in [2.24, 2.45) is 0 Å². The van der Waals surface area contributed by atoms with E-state index < -0.39 is 10.0 Å². The Labute approximate surface area is 174 Å². The molecular weight excluding hydrogens is 413 g/mol. The summed E-state index contributed by atoms with van der Waals surface area (Å²) in [6, 6.07) is 11.0. The molecule has 0 amide bonds. The van der Waals surface area contributed by atoms with Gasteiger partial charge in [-0.3, -0.25) is 0 Å². The van der Waals surface area contributed by atoms with Crippen molar-refractivity contribution >= 4 is 32.5 Å². The number of aromatic nitrogens is 1. The number of hydrogen-bond acceptors (Lipinski definition) is 3. The largest absolute Gasteiger partial charge is 0.361 e. The molecule has 1 unspecified atom stereocenters. The molecule has 0 bridgehead atoms. The van der Waals surface area contributed by atoms with Gasteiger partial charge in [-0.25, -0.2) is 17.5 Å². The average Bonchev–Trinajstić information content (AvgIpc) is 3.28. The number of H-pyrrole nitrogens is 1. The van der Waals surface area contributed by atoms with Crippen LogP contribution in [0.25, 0.3) is 10.9 Å². The smallest absolute Gasteiger partial charge is 0.240 e. The van der Waals surface area contributed by atoms with Gasteiger partial charge in [0.1, 0.15) is 5.82 Å². The van der Waals surface area contributed by atoms with E-state index in [1.54, 1.807) is 30.3 Å². The van der Waals surface area contributed by atoms with Crippen LogP contribution >= 0.6 is 11.6 Å². The van der Waals surface area contributed by atoms with Crippen LogP contribution in [0.4, 0.5) is 4.39 Å². The second-order valence-corrected chi connectivity index (χ2v) is 9.62. The van der Waals surface area contributed by atoms with Gasteiger partial charge < -0.3 is 9.88 Å². The van der Waals surface area contributed by atoms with E-state index in [4.69, 9.17) is 11.6 Å². The number of aromatic amines is 1. The Kier molecular flexibility index (Phi) is 5.92. The van der Waals surface area contributed by atoms with Crippen LogP contribution in [0.2, 0.25) is 5.02 Å². The highest BCUT2D eigenvalue weighted by atomic mass is 35.5. The summed E-state index contributed by atoms with van der Waals surface area (Å²) in [5.74, 6) is -0.229. The van der Waals surface area contributed by atoms with Gasteiger partial charge in [0, 0.05) is 34.7 Å². The lowest BCUT2D eigenvalue weighted by atomic mass is 10.1. The fourth-order valence-electron chi connectivity index (χ4n) is 3.90. The Morgan fingerprint density at radius 3 is 2.93 bits per heavy atom. The third-order valence-electron chi connectivity index (χ3n) is 5.35. The first-order chi connectivity index (χ1) is 13.9. The number of nitrogens with one attached hydrogen (secondary N) is 2. The molecule has 1 atom stereocenters. The highest BCUT2D eigenvalue weighted by Crippen LogP contribution is 2.22. The maximum atomic E-state index is 13.5. The summed E-state index contributed by atoms with van der Waals surface area (Å²) >= 11 is 5.91. The Morgan fingerprint density at radius 1 is 1.24 bits per heavy atom. The van der Waals surface area contributed by atoms with Gasteiger partial charge in [-0.1, -0.05) is 17.7 Å². The van der Waals surface area contributed by atoms with Crippen molar-refractivity contribution < 1.29 is 12.8 Å². The highest BCUT2D eigenvalue weighted by Gasteiger charge is 2.27. The van der Waals surface area contributed by atoms with Gasteiger partial charge in [0.2, 0.25) is 10.0 Å². The maximum absolute atomic E-state index is 13.5. The first kappa shape index (κ1) is 20.3. The molecule has 0 aliphatic carbocycles. The number of rotatable bonds is 7. The van der Waals surface area contributed by atoms with Crippen molar-refractivity contribution in [2.75, 3.05) is 19.6 Å². The Morgan fingerprint density at radius 2 is 2.10 bits per heavy atom. The molecule has 1 saturated heterocycles. The molecule has 0 saturated carbocycles. The van der Waals surface area contributed by atoms with E-state index in [1.807, 2.05) is 6.20 Å². The van der Waals surface area contributed by atoms with E-state index in [9.17, 15) is 12.8 Å². The van der Waals surface area contributed by atoms with Crippen molar-refractivity contribution in [1.82, 2.24) is 14.6 Å². The van der Waals surface area contributed by atoms with Gasteiger partial charge >= 0.3 is 0 Å². The number of nitrogens with zero attached hydrogens (tertiary/aromatic N) is 1. The van der Waals surface area contributed by atoms with Gasteiger partial charge in [0.05, 0.1) is 4.90 Å². The highest BCUT2D eigenvalue weighted by molar-refractivity contribution is 7.89. The van der Waals surface area contributed by atoms with Crippen molar-refractivity contribution in [3.8, 4) is 0 Å². The summed E-state index contributed by atoms with van der Waals surface area (Å²) in [5.41, 5.74) is 2.05. The summed E-state index contributed by atoms with van der Waals surface area (Å²) in [5, 5.41) is 1.33. The van der Waals surface area contributed by atoms with Crippen molar-refractivity contribution in [3.05, 3.63) is 65.1 Å². The van der Waals surface area contributed by atoms with Gasteiger partial charge in [0.15, 0.2) is 0 Å². The summed E-state index contributed by atoms with van der Waals surface area (Å²) in [7, 11) is -3.57. The number of benzene rings is 2. The van der Waals surface area contributed by atoms with Crippen LogP contribution < -0.4 is 4.72 Å². The lowest BCUT2D eigenvalue weighted by Crippen LogP contribution is -2.37. The SMILES string of the molecule is O=S(=O)(NC1CCN(CCCc2c[nH]c3ccc(F)cc23)C1)c1cccc(Cl)c1. The minimum absolute atomic E-state index is 0.110. The molecular formula is C21H23ClFN3O2S. The first-order valence-electron chi connectivity index (χ1n) is 9.66. The zero-order valence-electron chi connectivity index (χ0n) is 15.9. The van der Waals surface area contributed by atoms with Crippen LogP contribution in [0.3, 0.4) is 0 Å². The molecule has 1 aliphatic heterocycles. The molecule has 0 radical (unpaired) electrons. The molecule has 0 spiro atoms. The fourth-order valence-corrected chi connectivity index (χ4v) is 5.47. The van der Waals surface area contributed by atoms with Crippen molar-refractivity contribution in [3.63, 3.8) is 0 Å². The van der Waals surface area contributed by atoms with Crippen LogP contribution in [0.15, 0.2) is 53.6 Å². The van der Waals surface area contributed by atoms with Gasteiger partial charge in [-0.05, 0) is 74.3 Å². The van der Waals surface area contributed by atoms with Crippen molar-refractivity contribution in [2.45, 2.75) is 30.2 Å². The van der Waals surface area contributed by atoms with E-state index in [0.717, 1.165) is 48.8 Å². The molecule has 3 aromatic rings. The standard InChI is InChI=1S/C21H23ClFN3O2S/c22-16-4-1-5-19(11-16)29(27,28)25-18-8-10-26(14-18)9-2-3-15-13-24-21-7-6-17(23)12-20(15)21/h1,4-7,11-13,18,24-25H,2-3,8-10,14H2.